The minimum atomic E-state index is -4.86. The molecule has 2 heterocycles. The first-order valence-corrected chi connectivity index (χ1v) is 13.6. The van der Waals surface area contributed by atoms with Gasteiger partial charge in [-0.3, -0.25) is 9.69 Å². The Morgan fingerprint density at radius 2 is 1.79 bits per heavy atom. The maximum absolute atomic E-state index is 15.3. The highest BCUT2D eigenvalue weighted by Gasteiger charge is 2.60. The van der Waals surface area contributed by atoms with E-state index in [1.54, 1.807) is 6.07 Å². The molecular formula is C31H22F4N4O2S. The number of halogens is 4. The molecule has 1 amide bonds. The van der Waals surface area contributed by atoms with Crippen molar-refractivity contribution in [1.29, 1.82) is 5.26 Å². The smallest absolute Gasteiger partial charge is 0.419 e. The molecule has 212 valence electrons. The van der Waals surface area contributed by atoms with Crippen molar-refractivity contribution in [1.82, 2.24) is 4.98 Å². The maximum Gasteiger partial charge on any atom is 0.419 e. The average molecular weight is 591 g/mol. The summed E-state index contributed by atoms with van der Waals surface area (Å²) in [6, 6.07) is 20.4. The van der Waals surface area contributed by atoms with Gasteiger partial charge in [0.15, 0.2) is 22.4 Å². The Bertz CT molecular complexity index is 1780. The summed E-state index contributed by atoms with van der Waals surface area (Å²) in [5.74, 6) is -1.15. The van der Waals surface area contributed by atoms with Crippen molar-refractivity contribution in [3.8, 4) is 11.8 Å². The number of carbonyl (C=O) groups excluding carboxylic acids is 1. The standard InChI is InChI=1S/C31H22F4N4O2S/c32-25-16-22(8-9-27(25)41-13-10-19-6-7-20-4-1-2-5-21(20)14-19)39-29(42)38(28(40)30(39)11-3-12-30)23-15-24(31(33,34)35)26(17-36)37-18-23/h1-2,4-9,14-16,18H,3,10-13H2. The fraction of sp³-hybridized carbons (Fsp3) is 0.226. The fourth-order valence-electron chi connectivity index (χ4n) is 5.51. The zero-order valence-corrected chi connectivity index (χ0v) is 22.8. The summed E-state index contributed by atoms with van der Waals surface area (Å²) in [5.41, 5.74) is -2.10. The number of rotatable bonds is 6. The topological polar surface area (TPSA) is 69.5 Å². The summed E-state index contributed by atoms with van der Waals surface area (Å²) in [7, 11) is 0. The molecule has 42 heavy (non-hydrogen) atoms. The summed E-state index contributed by atoms with van der Waals surface area (Å²) >= 11 is 5.59. The molecule has 2 fully saturated rings. The molecule has 0 unspecified atom stereocenters. The first kappa shape index (κ1) is 27.6. The Morgan fingerprint density at radius 3 is 2.45 bits per heavy atom. The van der Waals surface area contributed by atoms with Crippen molar-refractivity contribution < 1.29 is 27.1 Å². The third kappa shape index (κ3) is 4.61. The minimum Gasteiger partial charge on any atom is -0.490 e. The van der Waals surface area contributed by atoms with E-state index in [0.717, 1.165) is 27.4 Å². The van der Waals surface area contributed by atoms with Gasteiger partial charge >= 0.3 is 6.18 Å². The number of hydrogen-bond donors (Lipinski definition) is 0. The number of amides is 1. The largest absolute Gasteiger partial charge is 0.490 e. The van der Waals surface area contributed by atoms with E-state index >= 15 is 4.39 Å². The van der Waals surface area contributed by atoms with Gasteiger partial charge in [0.1, 0.15) is 11.6 Å². The minimum absolute atomic E-state index is 0.0293. The van der Waals surface area contributed by atoms with E-state index in [2.05, 4.69) is 11.1 Å². The molecule has 0 bridgehead atoms. The molecule has 0 atom stereocenters. The van der Waals surface area contributed by atoms with Crippen LogP contribution in [0.4, 0.5) is 28.9 Å². The van der Waals surface area contributed by atoms with Crippen LogP contribution >= 0.6 is 12.2 Å². The lowest BCUT2D eigenvalue weighted by molar-refractivity contribution is -0.138. The predicted molar refractivity (Wildman–Crippen MR) is 153 cm³/mol. The van der Waals surface area contributed by atoms with Crippen molar-refractivity contribution >= 4 is 45.4 Å². The molecule has 6 rings (SSSR count). The lowest BCUT2D eigenvalue weighted by atomic mass is 9.75. The zero-order valence-electron chi connectivity index (χ0n) is 22.0. The molecule has 0 N–H and O–H groups in total. The highest BCUT2D eigenvalue weighted by molar-refractivity contribution is 7.81. The van der Waals surface area contributed by atoms with Crippen LogP contribution in [0.2, 0.25) is 0 Å². The van der Waals surface area contributed by atoms with Gasteiger partial charge in [0.25, 0.3) is 5.91 Å². The Balaban J connectivity index is 1.23. The van der Waals surface area contributed by atoms with E-state index in [1.807, 2.05) is 36.4 Å². The second-order valence-corrected chi connectivity index (χ2v) is 10.6. The molecule has 4 aromatic rings. The average Bonchev–Trinajstić information content (AvgIpc) is 3.19. The van der Waals surface area contributed by atoms with Gasteiger partial charge in [0, 0.05) is 18.2 Å². The molecule has 1 spiro atoms. The number of carbonyl (C=O) groups is 1. The molecule has 0 radical (unpaired) electrons. The van der Waals surface area contributed by atoms with Gasteiger partial charge in [-0.1, -0.05) is 42.5 Å². The van der Waals surface area contributed by atoms with Gasteiger partial charge < -0.3 is 9.64 Å². The number of alkyl halides is 3. The van der Waals surface area contributed by atoms with Gasteiger partial charge in [-0.15, -0.1) is 0 Å². The maximum atomic E-state index is 15.3. The Kier molecular flexibility index (Phi) is 6.81. The third-order valence-electron chi connectivity index (χ3n) is 7.77. The number of nitrogens with zero attached hydrogens (tertiary/aromatic N) is 4. The number of pyridine rings is 1. The Morgan fingerprint density at radius 1 is 1.02 bits per heavy atom. The first-order chi connectivity index (χ1) is 20.1. The van der Waals surface area contributed by atoms with E-state index in [-0.39, 0.29) is 28.8 Å². The normalized spacial score (nSPS) is 16.2. The molecule has 1 aliphatic heterocycles. The molecule has 6 nitrogen and oxygen atoms in total. The van der Waals surface area contributed by atoms with Gasteiger partial charge in [-0.25, -0.2) is 9.37 Å². The van der Waals surface area contributed by atoms with Gasteiger partial charge in [-0.05, 0) is 66.0 Å². The molecule has 1 saturated carbocycles. The molecule has 1 aliphatic carbocycles. The lowest BCUT2D eigenvalue weighted by Crippen LogP contribution is -2.55. The summed E-state index contributed by atoms with van der Waals surface area (Å²) in [6.45, 7) is 0.236. The monoisotopic (exact) mass is 590 g/mol. The number of anilines is 2. The van der Waals surface area contributed by atoms with Crippen LogP contribution in [-0.4, -0.2) is 28.1 Å². The molecule has 11 heteroatoms. The molecule has 1 aromatic heterocycles. The van der Waals surface area contributed by atoms with Crippen LogP contribution in [0, 0.1) is 17.1 Å². The van der Waals surface area contributed by atoms with Gasteiger partial charge in [0.2, 0.25) is 0 Å². The van der Waals surface area contributed by atoms with Gasteiger partial charge in [0.05, 0.1) is 24.1 Å². The van der Waals surface area contributed by atoms with Gasteiger partial charge in [-0.2, -0.15) is 18.4 Å². The fourth-order valence-corrected chi connectivity index (χ4v) is 5.98. The van der Waals surface area contributed by atoms with E-state index in [1.165, 1.54) is 23.1 Å². The van der Waals surface area contributed by atoms with E-state index < -0.39 is 34.7 Å². The highest BCUT2D eigenvalue weighted by Crippen LogP contribution is 2.48. The summed E-state index contributed by atoms with van der Waals surface area (Å²) < 4.78 is 61.8. The van der Waals surface area contributed by atoms with Crippen molar-refractivity contribution in [2.75, 3.05) is 16.4 Å². The molecular weight excluding hydrogens is 568 g/mol. The van der Waals surface area contributed by atoms with Crippen LogP contribution in [0.1, 0.15) is 36.1 Å². The van der Waals surface area contributed by atoms with Crippen LogP contribution in [0.25, 0.3) is 10.8 Å². The second kappa shape index (κ2) is 10.4. The molecule has 3 aromatic carbocycles. The number of aromatic nitrogens is 1. The van der Waals surface area contributed by atoms with Crippen LogP contribution < -0.4 is 14.5 Å². The molecule has 1 saturated heterocycles. The van der Waals surface area contributed by atoms with Crippen LogP contribution in [0.3, 0.4) is 0 Å². The quantitative estimate of drug-likeness (QED) is 0.179. The van der Waals surface area contributed by atoms with Crippen LogP contribution in [-0.2, 0) is 17.4 Å². The van der Waals surface area contributed by atoms with Crippen molar-refractivity contribution in [2.45, 2.75) is 37.4 Å². The van der Waals surface area contributed by atoms with E-state index in [9.17, 15) is 18.0 Å². The van der Waals surface area contributed by atoms with Crippen LogP contribution in [0.5, 0.6) is 5.75 Å². The number of fused-ring (bicyclic) bond motifs is 1. The number of nitriles is 1. The third-order valence-corrected chi connectivity index (χ3v) is 8.14. The van der Waals surface area contributed by atoms with Crippen molar-refractivity contribution in [3.63, 3.8) is 0 Å². The first-order valence-electron chi connectivity index (χ1n) is 13.2. The SMILES string of the molecule is N#Cc1ncc(N2C(=O)C3(CCC3)N(c3ccc(OCCc4ccc5ccccc5c4)c(F)c3)C2=S)cc1C(F)(F)F. The Hall–Kier alpha value is -4.56. The van der Waals surface area contributed by atoms with Crippen molar-refractivity contribution in [3.05, 3.63) is 95.6 Å². The van der Waals surface area contributed by atoms with Crippen molar-refractivity contribution in [2.24, 2.45) is 0 Å². The Labute approximate surface area is 243 Å². The number of thiocarbonyl (C=S) groups is 1. The number of ether oxygens (including phenoxy) is 1. The highest BCUT2D eigenvalue weighted by atomic mass is 32.1. The second-order valence-electron chi connectivity index (χ2n) is 10.2. The summed E-state index contributed by atoms with van der Waals surface area (Å²) in [6.07, 6.45) is -1.81. The summed E-state index contributed by atoms with van der Waals surface area (Å²) in [5, 5.41) is 11.2. The predicted octanol–water partition coefficient (Wildman–Crippen LogP) is 6.95. The van der Waals surface area contributed by atoms with E-state index in [0.29, 0.717) is 31.7 Å². The molecule has 2 aliphatic rings. The van der Waals surface area contributed by atoms with E-state index in [4.69, 9.17) is 22.2 Å². The van der Waals surface area contributed by atoms with Crippen LogP contribution in [0.15, 0.2) is 72.9 Å². The number of benzene rings is 3. The summed E-state index contributed by atoms with van der Waals surface area (Å²) in [4.78, 5) is 19.8. The lowest BCUT2D eigenvalue weighted by Gasteiger charge is -2.43. The number of hydrogen-bond acceptors (Lipinski definition) is 5. The zero-order chi connectivity index (χ0) is 29.6.